The highest BCUT2D eigenvalue weighted by Gasteiger charge is 2.18. The van der Waals surface area contributed by atoms with Gasteiger partial charge >= 0.3 is 0 Å². The van der Waals surface area contributed by atoms with Crippen LogP contribution in [0.3, 0.4) is 0 Å². The minimum absolute atomic E-state index is 0.108. The molecule has 0 aromatic heterocycles. The van der Waals surface area contributed by atoms with Gasteiger partial charge in [0.2, 0.25) is 10.0 Å². The summed E-state index contributed by atoms with van der Waals surface area (Å²) in [6.45, 7) is 6.31. The third-order valence-electron chi connectivity index (χ3n) is 2.47. The Morgan fingerprint density at radius 1 is 1.44 bits per heavy atom. The van der Waals surface area contributed by atoms with Crippen molar-refractivity contribution >= 4 is 15.7 Å². The van der Waals surface area contributed by atoms with Gasteiger partial charge < -0.3 is 10.5 Å². The van der Waals surface area contributed by atoms with Crippen LogP contribution in [-0.4, -0.2) is 27.7 Å². The van der Waals surface area contributed by atoms with Gasteiger partial charge in [-0.15, -0.1) is 0 Å². The third-order valence-corrected chi connectivity index (χ3v) is 3.96. The zero-order valence-corrected chi connectivity index (χ0v) is 11.8. The summed E-state index contributed by atoms with van der Waals surface area (Å²) >= 11 is 0. The predicted molar refractivity (Wildman–Crippen MR) is 71.9 cm³/mol. The van der Waals surface area contributed by atoms with E-state index < -0.39 is 10.0 Å². The minimum atomic E-state index is -3.58. The first kappa shape index (κ1) is 14.9. The third kappa shape index (κ3) is 3.97. The molecule has 0 aliphatic carbocycles. The van der Waals surface area contributed by atoms with E-state index in [0.29, 0.717) is 6.61 Å². The van der Waals surface area contributed by atoms with Crippen LogP contribution < -0.4 is 10.5 Å². The zero-order valence-electron chi connectivity index (χ0n) is 10.9. The average Bonchev–Trinajstić information content (AvgIpc) is 2.26. The molecule has 0 fully saturated rings. The molecular weight excluding hydrogens is 252 g/mol. The molecule has 0 spiro atoms. The molecule has 1 atom stereocenters. The number of nitrogen functional groups attached to an aromatic ring is 1. The second-order valence-electron chi connectivity index (χ2n) is 4.16. The molecule has 102 valence electrons. The van der Waals surface area contributed by atoms with Crippen molar-refractivity contribution in [3.8, 4) is 0 Å². The van der Waals surface area contributed by atoms with Gasteiger partial charge in [0.05, 0.1) is 11.8 Å². The maximum atomic E-state index is 12.0. The molecule has 5 nitrogen and oxygen atoms in total. The Balaban J connectivity index is 2.80. The van der Waals surface area contributed by atoms with Gasteiger partial charge in [0, 0.05) is 13.2 Å². The van der Waals surface area contributed by atoms with E-state index in [1.807, 2.05) is 20.8 Å². The van der Waals surface area contributed by atoms with E-state index >= 15 is 0 Å². The molecule has 1 aromatic rings. The maximum absolute atomic E-state index is 12.0. The lowest BCUT2D eigenvalue weighted by atomic mass is 10.2. The Bertz CT molecular complexity index is 500. The summed E-state index contributed by atoms with van der Waals surface area (Å²) in [4.78, 5) is 0.108. The molecule has 18 heavy (non-hydrogen) atoms. The van der Waals surface area contributed by atoms with Crippen molar-refractivity contribution in [2.45, 2.75) is 31.8 Å². The molecule has 1 unspecified atom stereocenters. The summed E-state index contributed by atoms with van der Waals surface area (Å²) in [5.41, 5.74) is 6.90. The van der Waals surface area contributed by atoms with Crippen LogP contribution in [0.5, 0.6) is 0 Å². The summed E-state index contributed by atoms with van der Waals surface area (Å²) < 4.78 is 31.8. The number of rotatable bonds is 6. The molecule has 0 bridgehead atoms. The molecule has 1 aromatic carbocycles. The van der Waals surface area contributed by atoms with E-state index in [1.54, 1.807) is 12.1 Å². The summed E-state index contributed by atoms with van der Waals surface area (Å²) in [6, 6.07) is 4.87. The number of sulfonamides is 1. The number of aryl methyl sites for hydroxylation is 1. The maximum Gasteiger partial charge on any atom is 0.242 e. The van der Waals surface area contributed by atoms with Gasteiger partial charge in [-0.2, -0.15) is 0 Å². The molecule has 0 aliphatic rings. The van der Waals surface area contributed by atoms with Gasteiger partial charge in [-0.3, -0.25) is 0 Å². The first-order chi connectivity index (χ1) is 8.36. The largest absolute Gasteiger partial charge is 0.398 e. The summed E-state index contributed by atoms with van der Waals surface area (Å²) in [5.74, 6) is 0. The smallest absolute Gasteiger partial charge is 0.242 e. The Hall–Kier alpha value is -1.11. The molecule has 0 aliphatic heterocycles. The highest BCUT2D eigenvalue weighted by atomic mass is 32.2. The fraction of sp³-hybridized carbons (Fsp3) is 0.500. The van der Waals surface area contributed by atoms with Crippen molar-refractivity contribution < 1.29 is 13.2 Å². The topological polar surface area (TPSA) is 81.4 Å². The standard InChI is InChI=1S/C12H20N2O3S/c1-4-17-10(3)8-14-18(15,16)12-6-5-9(2)7-11(12)13/h5-7,10,14H,4,8,13H2,1-3H3. The van der Waals surface area contributed by atoms with E-state index in [9.17, 15) is 8.42 Å². The van der Waals surface area contributed by atoms with Gasteiger partial charge in [-0.1, -0.05) is 6.07 Å². The lowest BCUT2D eigenvalue weighted by molar-refractivity contribution is 0.0799. The quantitative estimate of drug-likeness (QED) is 0.764. The van der Waals surface area contributed by atoms with Crippen LogP contribution in [0.15, 0.2) is 23.1 Å². The van der Waals surface area contributed by atoms with Crippen LogP contribution in [-0.2, 0) is 14.8 Å². The van der Waals surface area contributed by atoms with Crippen LogP contribution in [0, 0.1) is 6.92 Å². The highest BCUT2D eigenvalue weighted by molar-refractivity contribution is 7.89. The lowest BCUT2D eigenvalue weighted by Crippen LogP contribution is -2.32. The first-order valence-corrected chi connectivity index (χ1v) is 7.32. The lowest BCUT2D eigenvalue weighted by Gasteiger charge is -2.14. The number of anilines is 1. The van der Waals surface area contributed by atoms with Crippen LogP contribution >= 0.6 is 0 Å². The Labute approximate surface area is 108 Å². The number of hydrogen-bond acceptors (Lipinski definition) is 4. The molecule has 0 heterocycles. The molecule has 0 saturated heterocycles. The summed E-state index contributed by atoms with van der Waals surface area (Å²) in [5, 5.41) is 0. The summed E-state index contributed by atoms with van der Waals surface area (Å²) in [6.07, 6.45) is -0.170. The molecule has 0 radical (unpaired) electrons. The van der Waals surface area contributed by atoms with E-state index in [2.05, 4.69) is 4.72 Å². The molecule has 0 amide bonds. The van der Waals surface area contributed by atoms with Crippen LogP contribution in [0.1, 0.15) is 19.4 Å². The Kier molecular flexibility index (Phi) is 5.13. The second kappa shape index (κ2) is 6.17. The van der Waals surface area contributed by atoms with Crippen molar-refractivity contribution in [3.63, 3.8) is 0 Å². The molecule has 6 heteroatoms. The average molecular weight is 272 g/mol. The molecular formula is C12H20N2O3S. The SMILES string of the molecule is CCOC(C)CNS(=O)(=O)c1ccc(C)cc1N. The van der Waals surface area contributed by atoms with Gasteiger partial charge in [0.1, 0.15) is 4.90 Å². The number of hydrogen-bond donors (Lipinski definition) is 2. The van der Waals surface area contributed by atoms with E-state index in [1.165, 1.54) is 6.07 Å². The van der Waals surface area contributed by atoms with Gasteiger partial charge in [0.15, 0.2) is 0 Å². The predicted octanol–water partition coefficient (Wildman–Crippen LogP) is 1.28. The molecule has 3 N–H and O–H groups in total. The highest BCUT2D eigenvalue weighted by Crippen LogP contribution is 2.19. The van der Waals surface area contributed by atoms with Crippen molar-refractivity contribution in [1.82, 2.24) is 4.72 Å². The van der Waals surface area contributed by atoms with Crippen molar-refractivity contribution in [3.05, 3.63) is 23.8 Å². The second-order valence-corrected chi connectivity index (χ2v) is 5.89. The fourth-order valence-electron chi connectivity index (χ4n) is 1.56. The number of benzene rings is 1. The van der Waals surface area contributed by atoms with E-state index in [0.717, 1.165) is 5.56 Å². The van der Waals surface area contributed by atoms with Crippen LogP contribution in [0.2, 0.25) is 0 Å². The van der Waals surface area contributed by atoms with Crippen molar-refractivity contribution in [2.75, 3.05) is 18.9 Å². The first-order valence-electron chi connectivity index (χ1n) is 5.84. The zero-order chi connectivity index (χ0) is 13.8. The van der Waals surface area contributed by atoms with Crippen molar-refractivity contribution in [2.24, 2.45) is 0 Å². The van der Waals surface area contributed by atoms with Gasteiger partial charge in [0.25, 0.3) is 0 Å². The fourth-order valence-corrected chi connectivity index (χ4v) is 2.79. The van der Waals surface area contributed by atoms with Crippen LogP contribution in [0.25, 0.3) is 0 Å². The minimum Gasteiger partial charge on any atom is -0.398 e. The van der Waals surface area contributed by atoms with Gasteiger partial charge in [-0.25, -0.2) is 13.1 Å². The number of nitrogens with one attached hydrogen (secondary N) is 1. The van der Waals surface area contributed by atoms with E-state index in [4.69, 9.17) is 10.5 Å². The summed E-state index contributed by atoms with van der Waals surface area (Å²) in [7, 11) is -3.58. The number of nitrogens with two attached hydrogens (primary N) is 1. The Morgan fingerprint density at radius 3 is 2.67 bits per heavy atom. The van der Waals surface area contributed by atoms with Gasteiger partial charge in [-0.05, 0) is 38.5 Å². The number of ether oxygens (including phenoxy) is 1. The normalized spacial score (nSPS) is 13.5. The Morgan fingerprint density at radius 2 is 2.11 bits per heavy atom. The van der Waals surface area contributed by atoms with E-state index in [-0.39, 0.29) is 23.2 Å². The monoisotopic (exact) mass is 272 g/mol. The molecule has 0 saturated carbocycles. The molecule has 1 rings (SSSR count). The van der Waals surface area contributed by atoms with Crippen molar-refractivity contribution in [1.29, 1.82) is 0 Å². The van der Waals surface area contributed by atoms with Crippen LogP contribution in [0.4, 0.5) is 5.69 Å².